The van der Waals surface area contributed by atoms with Gasteiger partial charge in [-0.3, -0.25) is 0 Å². The van der Waals surface area contributed by atoms with Crippen molar-refractivity contribution in [2.24, 2.45) is 0 Å². The zero-order valence-corrected chi connectivity index (χ0v) is 7.99. The highest BCUT2D eigenvalue weighted by molar-refractivity contribution is 7.84. The Balaban J connectivity index is 4.79. The summed E-state index contributed by atoms with van der Waals surface area (Å²) in [5.41, 5.74) is 2.12. The van der Waals surface area contributed by atoms with Crippen LogP contribution in [0.3, 0.4) is 0 Å². The SMILES string of the molecule is C=CC(=C/C)/C(=C\C)C(=C)S. The van der Waals surface area contributed by atoms with Gasteiger partial charge in [-0.2, -0.15) is 0 Å². The standard InChI is InChI=1S/C10H14S/c1-5-9(6-2)10(7-3)8(4)11/h5-7,11H,1,4H2,2-3H3/b9-6-,10-7-. The maximum Gasteiger partial charge on any atom is 0.00431 e. The van der Waals surface area contributed by atoms with Gasteiger partial charge in [0.1, 0.15) is 0 Å². The van der Waals surface area contributed by atoms with Gasteiger partial charge >= 0.3 is 0 Å². The first-order valence-electron chi connectivity index (χ1n) is 3.51. The maximum absolute atomic E-state index is 4.17. The van der Waals surface area contributed by atoms with Crippen LogP contribution in [-0.4, -0.2) is 0 Å². The fourth-order valence-electron chi connectivity index (χ4n) is 0.883. The molecule has 0 unspecified atom stereocenters. The molecule has 0 nitrogen and oxygen atoms in total. The maximum atomic E-state index is 4.17. The lowest BCUT2D eigenvalue weighted by Crippen LogP contribution is -1.84. The summed E-state index contributed by atoms with van der Waals surface area (Å²) >= 11 is 4.17. The van der Waals surface area contributed by atoms with Gasteiger partial charge in [-0.1, -0.05) is 31.4 Å². The van der Waals surface area contributed by atoms with E-state index < -0.39 is 0 Å². The molecule has 0 aromatic heterocycles. The molecular weight excluding hydrogens is 152 g/mol. The molecule has 0 aliphatic rings. The van der Waals surface area contributed by atoms with Crippen molar-refractivity contribution < 1.29 is 0 Å². The molecule has 0 aliphatic carbocycles. The molecule has 60 valence electrons. The number of rotatable bonds is 3. The van der Waals surface area contributed by atoms with Crippen molar-refractivity contribution in [1.82, 2.24) is 0 Å². The van der Waals surface area contributed by atoms with Gasteiger partial charge in [-0.25, -0.2) is 0 Å². The molecule has 0 aromatic rings. The van der Waals surface area contributed by atoms with Crippen LogP contribution >= 0.6 is 12.6 Å². The van der Waals surface area contributed by atoms with Crippen molar-refractivity contribution in [2.75, 3.05) is 0 Å². The van der Waals surface area contributed by atoms with E-state index in [1.54, 1.807) is 6.08 Å². The van der Waals surface area contributed by atoms with Crippen LogP contribution in [0.25, 0.3) is 0 Å². The summed E-state index contributed by atoms with van der Waals surface area (Å²) in [6.07, 6.45) is 5.77. The average molecular weight is 166 g/mol. The van der Waals surface area contributed by atoms with E-state index in [9.17, 15) is 0 Å². The topological polar surface area (TPSA) is 0 Å². The van der Waals surface area contributed by atoms with Crippen LogP contribution in [-0.2, 0) is 0 Å². The average Bonchev–Trinajstić information content (AvgIpc) is 1.99. The number of thiol groups is 1. The fourth-order valence-corrected chi connectivity index (χ4v) is 1.14. The highest BCUT2D eigenvalue weighted by Gasteiger charge is 1.99. The lowest BCUT2D eigenvalue weighted by Gasteiger charge is -2.04. The Labute approximate surface area is 74.4 Å². The molecule has 0 saturated heterocycles. The first-order chi connectivity index (χ1) is 5.17. The number of allylic oxidation sites excluding steroid dienone is 5. The first-order valence-corrected chi connectivity index (χ1v) is 3.95. The van der Waals surface area contributed by atoms with Crippen LogP contribution in [0.5, 0.6) is 0 Å². The van der Waals surface area contributed by atoms with E-state index in [4.69, 9.17) is 0 Å². The van der Waals surface area contributed by atoms with Crippen LogP contribution in [0.15, 0.2) is 47.4 Å². The van der Waals surface area contributed by atoms with Crippen molar-refractivity contribution in [2.45, 2.75) is 13.8 Å². The summed E-state index contributed by atoms with van der Waals surface area (Å²) in [7, 11) is 0. The molecule has 0 saturated carbocycles. The second-order valence-corrected chi connectivity index (χ2v) is 2.64. The van der Waals surface area contributed by atoms with Gasteiger partial charge in [0, 0.05) is 4.91 Å². The summed E-state index contributed by atoms with van der Waals surface area (Å²) < 4.78 is 0. The van der Waals surface area contributed by atoms with Gasteiger partial charge < -0.3 is 0 Å². The van der Waals surface area contributed by atoms with Gasteiger partial charge in [0.25, 0.3) is 0 Å². The lowest BCUT2D eigenvalue weighted by molar-refractivity contribution is 1.47. The van der Waals surface area contributed by atoms with E-state index in [1.165, 1.54) is 0 Å². The normalized spacial score (nSPS) is 13.0. The second-order valence-electron chi connectivity index (χ2n) is 2.10. The quantitative estimate of drug-likeness (QED) is 0.481. The fraction of sp³-hybridized carbons (Fsp3) is 0.200. The van der Waals surface area contributed by atoms with E-state index >= 15 is 0 Å². The van der Waals surface area contributed by atoms with E-state index in [-0.39, 0.29) is 0 Å². The Morgan fingerprint density at radius 2 is 1.82 bits per heavy atom. The molecule has 0 rings (SSSR count). The van der Waals surface area contributed by atoms with E-state index in [1.807, 2.05) is 26.0 Å². The summed E-state index contributed by atoms with van der Waals surface area (Å²) in [5, 5.41) is 0. The molecule has 11 heavy (non-hydrogen) atoms. The van der Waals surface area contributed by atoms with E-state index in [0.717, 1.165) is 16.1 Å². The number of hydrogen-bond donors (Lipinski definition) is 1. The van der Waals surface area contributed by atoms with Crippen LogP contribution in [0.4, 0.5) is 0 Å². The minimum absolute atomic E-state index is 0.778. The molecule has 0 bridgehead atoms. The smallest absolute Gasteiger partial charge is 0.00431 e. The Bertz CT molecular complexity index is 219. The van der Waals surface area contributed by atoms with Gasteiger partial charge in [0.05, 0.1) is 0 Å². The summed E-state index contributed by atoms with van der Waals surface area (Å²) in [6, 6.07) is 0. The third-order valence-electron chi connectivity index (χ3n) is 1.44. The van der Waals surface area contributed by atoms with Crippen molar-refractivity contribution in [3.8, 4) is 0 Å². The minimum Gasteiger partial charge on any atom is -0.143 e. The predicted molar refractivity (Wildman–Crippen MR) is 55.8 cm³/mol. The molecule has 0 fully saturated rings. The van der Waals surface area contributed by atoms with Crippen molar-refractivity contribution in [3.63, 3.8) is 0 Å². The van der Waals surface area contributed by atoms with Crippen molar-refractivity contribution in [3.05, 3.63) is 47.4 Å². The molecule has 0 N–H and O–H groups in total. The van der Waals surface area contributed by atoms with E-state index in [0.29, 0.717) is 0 Å². The van der Waals surface area contributed by atoms with Crippen LogP contribution in [0.1, 0.15) is 13.8 Å². The monoisotopic (exact) mass is 166 g/mol. The van der Waals surface area contributed by atoms with Gasteiger partial charge in [0.15, 0.2) is 0 Å². The van der Waals surface area contributed by atoms with Gasteiger partial charge in [-0.05, 0) is 25.0 Å². The molecule has 0 heterocycles. The molecule has 1 heteroatoms. The van der Waals surface area contributed by atoms with Crippen molar-refractivity contribution >= 4 is 12.6 Å². The Morgan fingerprint density at radius 1 is 1.27 bits per heavy atom. The zero-order valence-electron chi connectivity index (χ0n) is 7.09. The molecule has 0 atom stereocenters. The minimum atomic E-state index is 0.778. The Hall–Kier alpha value is -0.690. The zero-order chi connectivity index (χ0) is 8.85. The van der Waals surface area contributed by atoms with Crippen LogP contribution in [0, 0.1) is 0 Å². The molecular formula is C10H14S. The number of hydrogen-bond acceptors (Lipinski definition) is 1. The highest BCUT2D eigenvalue weighted by atomic mass is 32.1. The third-order valence-corrected chi connectivity index (χ3v) is 1.68. The van der Waals surface area contributed by atoms with Crippen molar-refractivity contribution in [1.29, 1.82) is 0 Å². The molecule has 0 aromatic carbocycles. The molecule has 0 radical (unpaired) electrons. The third kappa shape index (κ3) is 2.81. The molecule has 0 aliphatic heterocycles. The molecule has 0 spiro atoms. The highest BCUT2D eigenvalue weighted by Crippen LogP contribution is 2.20. The van der Waals surface area contributed by atoms with Gasteiger partial charge in [0.2, 0.25) is 0 Å². The Morgan fingerprint density at radius 3 is 1.91 bits per heavy atom. The summed E-state index contributed by atoms with van der Waals surface area (Å²) in [6.45, 7) is 11.4. The summed E-state index contributed by atoms with van der Waals surface area (Å²) in [5.74, 6) is 0. The van der Waals surface area contributed by atoms with Gasteiger partial charge in [-0.15, -0.1) is 12.6 Å². The molecule has 0 amide bonds. The Kier molecular flexibility index (Phi) is 4.71. The summed E-state index contributed by atoms with van der Waals surface area (Å²) in [4.78, 5) is 0.778. The van der Waals surface area contributed by atoms with Crippen LogP contribution in [0.2, 0.25) is 0 Å². The lowest BCUT2D eigenvalue weighted by atomic mass is 10.1. The largest absolute Gasteiger partial charge is 0.143 e. The predicted octanol–water partition coefficient (Wildman–Crippen LogP) is 3.51. The van der Waals surface area contributed by atoms with Crippen LogP contribution < -0.4 is 0 Å². The van der Waals surface area contributed by atoms with E-state index in [2.05, 4.69) is 25.8 Å². The first kappa shape index (κ1) is 10.3. The second kappa shape index (κ2) is 5.03.